The first kappa shape index (κ1) is 16.2. The van der Waals surface area contributed by atoms with Crippen molar-refractivity contribution >= 4 is 23.1 Å². The Kier molecular flexibility index (Phi) is 3.85. The third kappa shape index (κ3) is 2.58. The van der Waals surface area contributed by atoms with Gasteiger partial charge in [-0.15, -0.1) is 0 Å². The highest BCUT2D eigenvalue weighted by Crippen LogP contribution is 2.40. The summed E-state index contributed by atoms with van der Waals surface area (Å²) in [6, 6.07) is 21.0. The van der Waals surface area contributed by atoms with Crippen molar-refractivity contribution in [2.24, 2.45) is 0 Å². The lowest BCUT2D eigenvalue weighted by Crippen LogP contribution is -2.14. The number of anilines is 1. The zero-order valence-electron chi connectivity index (χ0n) is 14.7. The zero-order valence-corrected chi connectivity index (χ0v) is 14.7. The summed E-state index contributed by atoms with van der Waals surface area (Å²) < 4.78 is 0. The molecule has 3 heteroatoms. The minimum absolute atomic E-state index is 0.0239. The fourth-order valence-corrected chi connectivity index (χ4v) is 3.39. The molecule has 0 bridgehead atoms. The van der Waals surface area contributed by atoms with Crippen molar-refractivity contribution in [1.29, 1.82) is 0 Å². The molecule has 0 saturated heterocycles. The van der Waals surface area contributed by atoms with Crippen molar-refractivity contribution < 1.29 is 9.90 Å². The molecule has 0 amide bonds. The van der Waals surface area contributed by atoms with Crippen LogP contribution in [0, 0.1) is 0 Å². The molecular weight excluding hydrogens is 322 g/mol. The number of fused-ring (bicyclic) bond motifs is 2. The van der Waals surface area contributed by atoms with Gasteiger partial charge in [0.2, 0.25) is 0 Å². The van der Waals surface area contributed by atoms with Crippen molar-refractivity contribution in [3.63, 3.8) is 0 Å². The topological polar surface area (TPSA) is 40.5 Å². The Morgan fingerprint density at radius 3 is 2.15 bits per heavy atom. The number of nitrogens with zero attached hydrogens (tertiary/aromatic N) is 1. The molecule has 0 aliphatic heterocycles. The smallest absolute Gasteiger partial charge is 0.197 e. The average molecular weight is 341 g/mol. The van der Waals surface area contributed by atoms with E-state index in [1.54, 1.807) is 12.1 Å². The predicted octanol–water partition coefficient (Wildman–Crippen LogP) is 4.59. The van der Waals surface area contributed by atoms with Gasteiger partial charge < -0.3 is 10.0 Å². The quantitative estimate of drug-likeness (QED) is 0.580. The third-order valence-corrected chi connectivity index (χ3v) is 4.74. The molecule has 0 aromatic heterocycles. The molecule has 128 valence electrons. The van der Waals surface area contributed by atoms with Crippen LogP contribution in [-0.2, 0) is 0 Å². The number of hydrogen-bond acceptors (Lipinski definition) is 3. The van der Waals surface area contributed by atoms with Gasteiger partial charge >= 0.3 is 0 Å². The molecule has 0 unspecified atom stereocenters. The fraction of sp³-hybridized carbons (Fsp3) is 0.0870. The number of phenolic OH excluding ortho intramolecular Hbond substituents is 1. The third-order valence-electron chi connectivity index (χ3n) is 4.74. The highest BCUT2D eigenvalue weighted by molar-refractivity contribution is 6.21. The zero-order chi connectivity index (χ0) is 18.3. The second kappa shape index (κ2) is 6.19. The molecule has 3 aromatic carbocycles. The van der Waals surface area contributed by atoms with E-state index in [0.717, 1.165) is 28.0 Å². The van der Waals surface area contributed by atoms with Crippen LogP contribution < -0.4 is 4.90 Å². The van der Waals surface area contributed by atoms with Gasteiger partial charge in [0.1, 0.15) is 5.75 Å². The molecule has 0 spiro atoms. The summed E-state index contributed by atoms with van der Waals surface area (Å²) in [5.74, 6) is -0.107. The number of carbonyl (C=O) groups excluding carboxylic acids is 1. The molecular formula is C23H19NO2. The number of phenols is 1. The Labute approximate surface area is 152 Å². The molecule has 1 aliphatic rings. The van der Waals surface area contributed by atoms with Gasteiger partial charge in [0.15, 0.2) is 5.78 Å². The maximum atomic E-state index is 12.9. The number of aromatic hydroxyl groups is 1. The summed E-state index contributed by atoms with van der Waals surface area (Å²) >= 11 is 0. The van der Waals surface area contributed by atoms with Gasteiger partial charge in [-0.1, -0.05) is 48.5 Å². The lowest BCUT2D eigenvalue weighted by atomic mass is 9.80. The first-order chi connectivity index (χ1) is 12.6. The van der Waals surface area contributed by atoms with Crippen molar-refractivity contribution in [3.05, 3.63) is 94.5 Å². The van der Waals surface area contributed by atoms with Crippen LogP contribution in [0.3, 0.4) is 0 Å². The van der Waals surface area contributed by atoms with Gasteiger partial charge in [-0.2, -0.15) is 0 Å². The van der Waals surface area contributed by atoms with E-state index in [4.69, 9.17) is 0 Å². The first-order valence-electron chi connectivity index (χ1n) is 8.52. The SMILES string of the molecule is CN(C)c1ccc(/C=C2/c3ccccc3C(=O)c3c(O)cccc32)cc1. The van der Waals surface area contributed by atoms with Crippen LogP contribution in [-0.4, -0.2) is 25.0 Å². The molecule has 1 N–H and O–H groups in total. The minimum atomic E-state index is -0.131. The Morgan fingerprint density at radius 1 is 0.808 bits per heavy atom. The number of ketones is 1. The summed E-state index contributed by atoms with van der Waals surface area (Å²) in [6.45, 7) is 0. The second-order valence-corrected chi connectivity index (χ2v) is 6.62. The van der Waals surface area contributed by atoms with E-state index in [-0.39, 0.29) is 11.5 Å². The number of benzene rings is 3. The Hall–Kier alpha value is -3.33. The minimum Gasteiger partial charge on any atom is -0.507 e. The Bertz CT molecular complexity index is 1030. The molecule has 0 saturated carbocycles. The van der Waals surface area contributed by atoms with Crippen LogP contribution in [0.25, 0.3) is 11.6 Å². The standard InChI is InChI=1S/C23H19NO2/c1-24(2)16-12-10-15(11-13-16)14-20-17-6-3-4-7-19(17)23(26)22-18(20)8-5-9-21(22)25/h3-14,25H,1-2H3/b20-14-. The molecule has 0 fully saturated rings. The molecule has 1 aliphatic carbocycles. The molecule has 0 heterocycles. The molecule has 0 atom stereocenters. The Morgan fingerprint density at radius 2 is 1.46 bits per heavy atom. The monoisotopic (exact) mass is 341 g/mol. The predicted molar refractivity (Wildman–Crippen MR) is 106 cm³/mol. The van der Waals surface area contributed by atoms with Gasteiger partial charge in [0.25, 0.3) is 0 Å². The lowest BCUT2D eigenvalue weighted by Gasteiger charge is -2.22. The van der Waals surface area contributed by atoms with Gasteiger partial charge in [0, 0.05) is 25.3 Å². The van der Waals surface area contributed by atoms with E-state index in [1.165, 1.54) is 0 Å². The summed E-state index contributed by atoms with van der Waals surface area (Å²) in [4.78, 5) is 14.9. The normalized spacial score (nSPS) is 14.1. The van der Waals surface area contributed by atoms with Crippen LogP contribution in [0.2, 0.25) is 0 Å². The molecule has 3 nitrogen and oxygen atoms in total. The summed E-state index contributed by atoms with van der Waals surface area (Å²) in [5, 5.41) is 10.3. The van der Waals surface area contributed by atoms with Crippen LogP contribution >= 0.6 is 0 Å². The number of carbonyl (C=O) groups is 1. The largest absolute Gasteiger partial charge is 0.507 e. The second-order valence-electron chi connectivity index (χ2n) is 6.62. The first-order valence-corrected chi connectivity index (χ1v) is 8.52. The maximum absolute atomic E-state index is 12.9. The Balaban J connectivity index is 1.92. The summed E-state index contributed by atoms with van der Waals surface area (Å²) in [6.07, 6.45) is 2.07. The number of rotatable bonds is 2. The molecule has 4 rings (SSSR count). The van der Waals surface area contributed by atoms with Gasteiger partial charge in [0.05, 0.1) is 5.56 Å². The van der Waals surface area contributed by atoms with Crippen molar-refractivity contribution in [2.75, 3.05) is 19.0 Å². The van der Waals surface area contributed by atoms with Crippen molar-refractivity contribution in [2.45, 2.75) is 0 Å². The lowest BCUT2D eigenvalue weighted by molar-refractivity contribution is 0.103. The van der Waals surface area contributed by atoms with E-state index in [1.807, 2.05) is 44.4 Å². The van der Waals surface area contributed by atoms with E-state index >= 15 is 0 Å². The van der Waals surface area contributed by atoms with E-state index in [9.17, 15) is 9.90 Å². The van der Waals surface area contributed by atoms with Gasteiger partial charge in [-0.3, -0.25) is 4.79 Å². The maximum Gasteiger partial charge on any atom is 0.197 e. The van der Waals surface area contributed by atoms with E-state index in [2.05, 4.69) is 35.2 Å². The van der Waals surface area contributed by atoms with E-state index in [0.29, 0.717) is 11.1 Å². The van der Waals surface area contributed by atoms with E-state index < -0.39 is 0 Å². The summed E-state index contributed by atoms with van der Waals surface area (Å²) in [5.41, 5.74) is 5.79. The molecule has 26 heavy (non-hydrogen) atoms. The highest BCUT2D eigenvalue weighted by Gasteiger charge is 2.28. The molecule has 3 aromatic rings. The fourth-order valence-electron chi connectivity index (χ4n) is 3.39. The van der Waals surface area contributed by atoms with Crippen LogP contribution in [0.4, 0.5) is 5.69 Å². The van der Waals surface area contributed by atoms with Crippen LogP contribution in [0.1, 0.15) is 32.6 Å². The van der Waals surface area contributed by atoms with Crippen molar-refractivity contribution in [1.82, 2.24) is 0 Å². The van der Waals surface area contributed by atoms with Crippen LogP contribution in [0.15, 0.2) is 66.7 Å². The van der Waals surface area contributed by atoms with Gasteiger partial charge in [-0.05, 0) is 46.5 Å². The van der Waals surface area contributed by atoms with Crippen molar-refractivity contribution in [3.8, 4) is 5.75 Å². The number of hydrogen-bond donors (Lipinski definition) is 1. The highest BCUT2D eigenvalue weighted by atomic mass is 16.3. The summed E-state index contributed by atoms with van der Waals surface area (Å²) in [7, 11) is 4.02. The average Bonchev–Trinajstić information content (AvgIpc) is 2.65. The van der Waals surface area contributed by atoms with Gasteiger partial charge in [-0.25, -0.2) is 0 Å². The molecule has 0 radical (unpaired) electrons. The van der Waals surface area contributed by atoms with Crippen LogP contribution in [0.5, 0.6) is 5.75 Å².